The lowest BCUT2D eigenvalue weighted by molar-refractivity contribution is 0.0929. The Hall–Kier alpha value is -2.43. The molecule has 2 amide bonds. The van der Waals surface area contributed by atoms with E-state index in [4.69, 9.17) is 11.6 Å². The molecule has 156 valence electrons. The van der Waals surface area contributed by atoms with Gasteiger partial charge in [0.1, 0.15) is 5.84 Å². The van der Waals surface area contributed by atoms with Crippen LogP contribution in [0.2, 0.25) is 4.34 Å². The van der Waals surface area contributed by atoms with E-state index in [1.807, 2.05) is 0 Å². The molecule has 0 saturated heterocycles. The Morgan fingerprint density at radius 3 is 2.03 bits per heavy atom. The van der Waals surface area contributed by atoms with Crippen LogP contribution in [0.3, 0.4) is 0 Å². The van der Waals surface area contributed by atoms with Crippen LogP contribution in [0, 0.1) is 0 Å². The molecule has 0 fully saturated rings. The number of nitrogens with one attached hydrogen (secondary N) is 2. The molecule has 2 aromatic rings. The zero-order chi connectivity index (χ0) is 21.6. The fourth-order valence-corrected chi connectivity index (χ4v) is 3.84. The molecule has 0 spiro atoms. The van der Waals surface area contributed by atoms with Crippen molar-refractivity contribution in [3.8, 4) is 0 Å². The summed E-state index contributed by atoms with van der Waals surface area (Å²) in [5, 5.41) is 5.41. The summed E-state index contributed by atoms with van der Waals surface area (Å²) in [5.74, 6) is -0.283. The van der Waals surface area contributed by atoms with Crippen molar-refractivity contribution in [3.05, 3.63) is 56.7 Å². The molecule has 0 aliphatic rings. The number of amides is 2. The number of carbonyl (C=O) groups excluding carboxylic acids is 2. The molecule has 1 heterocycles. The maximum Gasteiger partial charge on any atom is 0.261 e. The number of hydrogen-bond donors (Lipinski definition) is 2. The normalized spacial score (nSPS) is 11.8. The first-order valence-corrected chi connectivity index (χ1v) is 11.5. The molecule has 0 atom stereocenters. The Kier molecular flexibility index (Phi) is 7.77. The van der Waals surface area contributed by atoms with Gasteiger partial charge >= 0.3 is 0 Å². The SMILES string of the molecule is CN(C)C(=NS(C)(=O)=O)c1ccc(C(=O)NCCNC(=O)c2ccc(Cl)s2)cc1. The highest BCUT2D eigenvalue weighted by molar-refractivity contribution is 7.89. The van der Waals surface area contributed by atoms with Crippen LogP contribution < -0.4 is 10.6 Å². The van der Waals surface area contributed by atoms with Crippen molar-refractivity contribution < 1.29 is 18.0 Å². The Morgan fingerprint density at radius 1 is 1.00 bits per heavy atom. The lowest BCUT2D eigenvalue weighted by atomic mass is 10.1. The lowest BCUT2D eigenvalue weighted by Gasteiger charge is -2.15. The van der Waals surface area contributed by atoms with Crippen molar-refractivity contribution in [2.45, 2.75) is 0 Å². The predicted octanol–water partition coefficient (Wildman–Crippen LogP) is 1.83. The van der Waals surface area contributed by atoms with Gasteiger partial charge in [-0.1, -0.05) is 23.7 Å². The third-order valence-corrected chi connectivity index (χ3v) is 5.31. The third kappa shape index (κ3) is 7.15. The summed E-state index contributed by atoms with van der Waals surface area (Å²) in [6.07, 6.45) is 1.02. The molecule has 1 aromatic heterocycles. The first-order valence-electron chi connectivity index (χ1n) is 8.46. The molecular formula is C18H21ClN4O4S2. The number of rotatable bonds is 7. The molecule has 0 aliphatic carbocycles. The zero-order valence-corrected chi connectivity index (χ0v) is 18.5. The molecule has 0 aliphatic heterocycles. The van der Waals surface area contributed by atoms with Crippen molar-refractivity contribution in [3.63, 3.8) is 0 Å². The number of benzene rings is 1. The molecule has 8 nitrogen and oxygen atoms in total. The molecule has 2 N–H and O–H groups in total. The number of nitrogens with zero attached hydrogens (tertiary/aromatic N) is 2. The summed E-state index contributed by atoms with van der Waals surface area (Å²) < 4.78 is 27.2. The number of sulfonamides is 1. The van der Waals surface area contributed by atoms with E-state index in [1.54, 1.807) is 55.4 Å². The summed E-state index contributed by atoms with van der Waals surface area (Å²) in [6, 6.07) is 9.70. The predicted molar refractivity (Wildman–Crippen MR) is 116 cm³/mol. The van der Waals surface area contributed by atoms with E-state index >= 15 is 0 Å². The zero-order valence-electron chi connectivity index (χ0n) is 16.1. The molecule has 0 bridgehead atoms. The fraction of sp³-hybridized carbons (Fsp3) is 0.278. The molecule has 11 heteroatoms. The maximum absolute atomic E-state index is 12.2. The Labute approximate surface area is 178 Å². The van der Waals surface area contributed by atoms with Gasteiger partial charge in [0.15, 0.2) is 0 Å². The number of amidine groups is 1. The number of thiophene rings is 1. The Bertz CT molecular complexity index is 1010. The van der Waals surface area contributed by atoms with Crippen LogP contribution in [-0.2, 0) is 10.0 Å². The van der Waals surface area contributed by atoms with E-state index in [2.05, 4.69) is 15.0 Å². The highest BCUT2D eigenvalue weighted by Crippen LogP contribution is 2.20. The standard InChI is InChI=1S/C18H21ClN4O4S2/c1-23(2)16(22-29(3,26)27)12-4-6-13(7-5-12)17(24)20-10-11-21-18(25)14-8-9-15(19)28-14/h4-9H,10-11H2,1-3H3,(H,20,24)(H,21,25). The quantitative estimate of drug-likeness (QED) is 0.375. The Morgan fingerprint density at radius 2 is 1.55 bits per heavy atom. The summed E-state index contributed by atoms with van der Waals surface area (Å²) in [6.45, 7) is 0.522. The highest BCUT2D eigenvalue weighted by atomic mass is 35.5. The van der Waals surface area contributed by atoms with Gasteiger partial charge in [0.25, 0.3) is 21.8 Å². The summed E-state index contributed by atoms with van der Waals surface area (Å²) in [7, 11) is -0.191. The van der Waals surface area contributed by atoms with Crippen LogP contribution in [0.1, 0.15) is 25.6 Å². The largest absolute Gasteiger partial charge is 0.362 e. The van der Waals surface area contributed by atoms with Gasteiger partial charge in [0.05, 0.1) is 15.5 Å². The smallest absolute Gasteiger partial charge is 0.261 e. The van der Waals surface area contributed by atoms with E-state index in [1.165, 1.54) is 11.3 Å². The van der Waals surface area contributed by atoms with Crippen LogP contribution >= 0.6 is 22.9 Å². The minimum Gasteiger partial charge on any atom is -0.362 e. The average molecular weight is 457 g/mol. The second-order valence-corrected chi connectivity index (χ2v) is 9.60. The van der Waals surface area contributed by atoms with Crippen LogP contribution in [0.4, 0.5) is 0 Å². The third-order valence-electron chi connectivity index (χ3n) is 3.57. The van der Waals surface area contributed by atoms with E-state index in [-0.39, 0.29) is 30.7 Å². The van der Waals surface area contributed by atoms with Gasteiger partial charge < -0.3 is 15.5 Å². The average Bonchev–Trinajstić information content (AvgIpc) is 3.08. The highest BCUT2D eigenvalue weighted by Gasteiger charge is 2.12. The van der Waals surface area contributed by atoms with Gasteiger partial charge in [-0.3, -0.25) is 9.59 Å². The van der Waals surface area contributed by atoms with E-state index in [0.717, 1.165) is 6.26 Å². The van der Waals surface area contributed by atoms with E-state index < -0.39 is 10.0 Å². The molecule has 29 heavy (non-hydrogen) atoms. The maximum atomic E-state index is 12.2. The van der Waals surface area contributed by atoms with Gasteiger partial charge in [0, 0.05) is 38.3 Å². The second-order valence-electron chi connectivity index (χ2n) is 6.24. The number of hydrogen-bond acceptors (Lipinski definition) is 5. The van der Waals surface area contributed by atoms with Crippen molar-refractivity contribution in [1.29, 1.82) is 0 Å². The summed E-state index contributed by atoms with van der Waals surface area (Å²) in [5.41, 5.74) is 0.974. The van der Waals surface area contributed by atoms with Crippen LogP contribution in [0.15, 0.2) is 40.8 Å². The molecule has 2 rings (SSSR count). The number of halogens is 1. The summed E-state index contributed by atoms with van der Waals surface area (Å²) >= 11 is 6.98. The van der Waals surface area contributed by atoms with Crippen molar-refractivity contribution in [1.82, 2.24) is 15.5 Å². The van der Waals surface area contributed by atoms with Gasteiger partial charge in [-0.15, -0.1) is 15.7 Å². The van der Waals surface area contributed by atoms with Crippen LogP contribution in [-0.4, -0.2) is 64.4 Å². The number of carbonyl (C=O) groups is 2. The van der Waals surface area contributed by atoms with Crippen LogP contribution in [0.5, 0.6) is 0 Å². The van der Waals surface area contributed by atoms with Crippen molar-refractivity contribution in [2.75, 3.05) is 33.4 Å². The van der Waals surface area contributed by atoms with Gasteiger partial charge in [-0.25, -0.2) is 8.42 Å². The molecular weight excluding hydrogens is 436 g/mol. The molecule has 0 saturated carbocycles. The topological polar surface area (TPSA) is 108 Å². The van der Waals surface area contributed by atoms with E-state index in [9.17, 15) is 18.0 Å². The first-order chi connectivity index (χ1) is 13.6. The van der Waals surface area contributed by atoms with Crippen molar-refractivity contribution >= 4 is 50.6 Å². The molecule has 0 radical (unpaired) electrons. The molecule has 1 aromatic carbocycles. The first kappa shape index (κ1) is 22.9. The monoisotopic (exact) mass is 456 g/mol. The minimum atomic E-state index is -3.56. The molecule has 0 unspecified atom stereocenters. The van der Waals surface area contributed by atoms with Crippen molar-refractivity contribution in [2.24, 2.45) is 4.40 Å². The van der Waals surface area contributed by atoms with E-state index in [0.29, 0.717) is 20.3 Å². The minimum absolute atomic E-state index is 0.248. The van der Waals surface area contributed by atoms with Gasteiger partial charge in [-0.2, -0.15) is 0 Å². The fourth-order valence-electron chi connectivity index (χ4n) is 2.30. The lowest BCUT2D eigenvalue weighted by Crippen LogP contribution is -2.34. The van der Waals surface area contributed by atoms with Gasteiger partial charge in [0.2, 0.25) is 0 Å². The Balaban J connectivity index is 1.91. The summed E-state index contributed by atoms with van der Waals surface area (Å²) in [4.78, 5) is 26.2. The van der Waals surface area contributed by atoms with Gasteiger partial charge in [-0.05, 0) is 24.3 Å². The second kappa shape index (κ2) is 9.86. The van der Waals surface area contributed by atoms with Crippen LogP contribution in [0.25, 0.3) is 0 Å².